The van der Waals surface area contributed by atoms with E-state index in [0.717, 1.165) is 6.07 Å². The minimum atomic E-state index is -0.770. The summed E-state index contributed by atoms with van der Waals surface area (Å²) in [7, 11) is 0. The molecule has 2 heterocycles. The maximum Gasteiger partial charge on any atom is 0.315 e. The maximum absolute atomic E-state index is 13.8. The summed E-state index contributed by atoms with van der Waals surface area (Å²) < 4.78 is 32.5. The van der Waals surface area contributed by atoms with Crippen LogP contribution in [0.15, 0.2) is 26.5 Å². The zero-order valence-electron chi connectivity index (χ0n) is 14.1. The highest BCUT2D eigenvalue weighted by Crippen LogP contribution is 2.28. The van der Waals surface area contributed by atoms with Crippen LogP contribution < -0.4 is 10.6 Å². The minimum Gasteiger partial charge on any atom is -0.456 e. The minimum absolute atomic E-state index is 0.0210. The van der Waals surface area contributed by atoms with Crippen molar-refractivity contribution in [2.24, 2.45) is 9.98 Å². The molecule has 0 bridgehead atoms. The molecule has 0 fully saturated rings. The first-order chi connectivity index (χ1) is 11.8. The Morgan fingerprint density at radius 2 is 2.12 bits per heavy atom. The number of hydrogen-bond donors (Lipinski definition) is 2. The molecule has 0 radical (unpaired) electrons. The largest absolute Gasteiger partial charge is 0.456 e. The molecule has 1 aromatic heterocycles. The fourth-order valence-corrected chi connectivity index (χ4v) is 2.59. The van der Waals surface area contributed by atoms with Crippen molar-refractivity contribution in [1.82, 2.24) is 10.6 Å². The monoisotopic (exact) mass is 348 g/mol. The van der Waals surface area contributed by atoms with Gasteiger partial charge in [0.25, 0.3) is 0 Å². The molecule has 6 nitrogen and oxygen atoms in total. The van der Waals surface area contributed by atoms with Crippen molar-refractivity contribution < 1.29 is 18.0 Å². The van der Waals surface area contributed by atoms with Crippen LogP contribution in [0.3, 0.4) is 0 Å². The number of nitrogens with zero attached hydrogens (tertiary/aromatic N) is 2. The van der Waals surface area contributed by atoms with Crippen LogP contribution in [0.4, 0.5) is 13.6 Å². The number of carbonyl (C=O) groups excluding carboxylic acids is 1. The molecule has 2 aromatic rings. The number of furan rings is 1. The van der Waals surface area contributed by atoms with Gasteiger partial charge in [-0.15, -0.1) is 0 Å². The summed E-state index contributed by atoms with van der Waals surface area (Å²) >= 11 is 0. The van der Waals surface area contributed by atoms with Crippen molar-refractivity contribution in [3.8, 4) is 0 Å². The van der Waals surface area contributed by atoms with Gasteiger partial charge in [-0.1, -0.05) is 0 Å². The molecule has 0 aliphatic carbocycles. The fraction of sp³-hybridized carbons (Fsp3) is 0.353. The number of halogens is 2. The average Bonchev–Trinajstić information content (AvgIpc) is 2.86. The number of urea groups is 1. The Morgan fingerprint density at radius 1 is 1.36 bits per heavy atom. The van der Waals surface area contributed by atoms with Crippen LogP contribution in [0.1, 0.15) is 25.2 Å². The Labute approximate surface area is 143 Å². The van der Waals surface area contributed by atoms with E-state index in [1.165, 1.54) is 6.07 Å². The number of carbonyl (C=O) groups is 1. The maximum atomic E-state index is 13.8. The number of rotatable bonds is 3. The Kier molecular flexibility index (Phi) is 4.28. The summed E-state index contributed by atoms with van der Waals surface area (Å²) in [6.07, 6.45) is 1.64. The summed E-state index contributed by atoms with van der Waals surface area (Å²) in [6, 6.07) is 1.54. The van der Waals surface area contributed by atoms with Gasteiger partial charge in [0.05, 0.1) is 18.6 Å². The average molecular weight is 348 g/mol. The zero-order valence-corrected chi connectivity index (χ0v) is 14.1. The topological polar surface area (TPSA) is 79.0 Å². The molecule has 2 N–H and O–H groups in total. The molecule has 0 saturated carbocycles. The molecule has 8 heteroatoms. The van der Waals surface area contributed by atoms with Gasteiger partial charge in [0, 0.05) is 23.2 Å². The Hall–Kier alpha value is -2.77. The van der Waals surface area contributed by atoms with Gasteiger partial charge < -0.3 is 15.1 Å². The molecule has 0 spiro atoms. The van der Waals surface area contributed by atoms with Gasteiger partial charge in [0.2, 0.25) is 0 Å². The number of benzene rings is 1. The standard InChI is InChI=1S/C17H18F2N4O2/c1-9-12-4-11(18)5-13(19)15(12)25-14(9)6-20-16(24)23-17(3)7-21-10(2)22-8-17/h4-5,7H,6,8H2,1-3H3,(H2,20,23,24). The van der Waals surface area contributed by atoms with Crippen LogP contribution in [0.5, 0.6) is 0 Å². The van der Waals surface area contributed by atoms with E-state index in [9.17, 15) is 13.6 Å². The van der Waals surface area contributed by atoms with Crippen LogP contribution in [-0.4, -0.2) is 30.2 Å². The molecule has 1 aliphatic rings. The summed E-state index contributed by atoms with van der Waals surface area (Å²) in [5.41, 5.74) is -0.117. The highest BCUT2D eigenvalue weighted by atomic mass is 19.1. The van der Waals surface area contributed by atoms with Crippen molar-refractivity contribution in [3.63, 3.8) is 0 Å². The SMILES string of the molecule is CC1=NCC(C)(NC(=O)NCc2oc3c(F)cc(F)cc3c2C)C=N1. The molecule has 1 unspecified atom stereocenters. The van der Waals surface area contributed by atoms with Crippen LogP contribution in [0, 0.1) is 18.6 Å². The highest BCUT2D eigenvalue weighted by molar-refractivity contribution is 5.94. The van der Waals surface area contributed by atoms with Gasteiger partial charge in [-0.05, 0) is 26.8 Å². The number of aliphatic imine (C=N–C) groups is 2. The lowest BCUT2D eigenvalue weighted by atomic mass is 10.0. The van der Waals surface area contributed by atoms with Crippen molar-refractivity contribution in [2.45, 2.75) is 32.9 Å². The first kappa shape index (κ1) is 17.1. The van der Waals surface area contributed by atoms with Gasteiger partial charge in [-0.2, -0.15) is 0 Å². The normalized spacial score (nSPS) is 19.8. The predicted octanol–water partition coefficient (Wildman–Crippen LogP) is 3.08. The molecule has 3 rings (SSSR count). The van der Waals surface area contributed by atoms with Crippen molar-refractivity contribution in [1.29, 1.82) is 0 Å². The second-order valence-corrected chi connectivity index (χ2v) is 6.26. The second kappa shape index (κ2) is 6.27. The molecule has 1 aromatic carbocycles. The van der Waals surface area contributed by atoms with Crippen LogP contribution >= 0.6 is 0 Å². The van der Waals surface area contributed by atoms with Crippen LogP contribution in [0.25, 0.3) is 11.0 Å². The van der Waals surface area contributed by atoms with E-state index < -0.39 is 23.2 Å². The Balaban J connectivity index is 1.69. The summed E-state index contributed by atoms with van der Waals surface area (Å²) in [5.74, 6) is -0.419. The number of fused-ring (bicyclic) bond motifs is 1. The summed E-state index contributed by atoms with van der Waals surface area (Å²) in [4.78, 5) is 20.4. The quantitative estimate of drug-likeness (QED) is 0.894. The van der Waals surface area contributed by atoms with Crippen molar-refractivity contribution in [3.05, 3.63) is 35.1 Å². The first-order valence-electron chi connectivity index (χ1n) is 7.77. The molecular formula is C17H18F2N4O2. The fourth-order valence-electron chi connectivity index (χ4n) is 2.59. The molecule has 1 aliphatic heterocycles. The predicted molar refractivity (Wildman–Crippen MR) is 91.1 cm³/mol. The lowest BCUT2D eigenvalue weighted by molar-refractivity contribution is 0.234. The van der Waals surface area contributed by atoms with E-state index in [1.54, 1.807) is 27.0 Å². The number of hydrogen-bond acceptors (Lipinski definition) is 4. The number of amides is 2. The molecule has 25 heavy (non-hydrogen) atoms. The number of amidine groups is 1. The highest BCUT2D eigenvalue weighted by Gasteiger charge is 2.26. The van der Waals surface area contributed by atoms with Gasteiger partial charge in [-0.25, -0.2) is 18.6 Å². The van der Waals surface area contributed by atoms with Crippen molar-refractivity contribution in [2.75, 3.05) is 6.54 Å². The van der Waals surface area contributed by atoms with E-state index >= 15 is 0 Å². The molecular weight excluding hydrogens is 330 g/mol. The van der Waals surface area contributed by atoms with Crippen LogP contribution in [0.2, 0.25) is 0 Å². The van der Waals surface area contributed by atoms with Crippen molar-refractivity contribution >= 4 is 29.1 Å². The van der Waals surface area contributed by atoms with Gasteiger partial charge >= 0.3 is 6.03 Å². The molecule has 2 amide bonds. The molecule has 1 atom stereocenters. The lowest BCUT2D eigenvalue weighted by Crippen LogP contribution is -2.54. The summed E-state index contributed by atoms with van der Waals surface area (Å²) in [6.45, 7) is 5.71. The number of aryl methyl sites for hydroxylation is 1. The number of nitrogens with one attached hydrogen (secondary N) is 2. The second-order valence-electron chi connectivity index (χ2n) is 6.26. The molecule has 0 saturated heterocycles. The zero-order chi connectivity index (χ0) is 18.2. The first-order valence-corrected chi connectivity index (χ1v) is 7.77. The van der Waals surface area contributed by atoms with E-state index in [-0.39, 0.29) is 12.1 Å². The summed E-state index contributed by atoms with van der Waals surface area (Å²) in [5, 5.41) is 5.78. The lowest BCUT2D eigenvalue weighted by Gasteiger charge is -2.27. The molecule has 132 valence electrons. The van der Waals surface area contributed by atoms with Crippen LogP contribution in [-0.2, 0) is 6.54 Å². The third-order valence-corrected chi connectivity index (χ3v) is 4.04. The third kappa shape index (κ3) is 3.52. The Morgan fingerprint density at radius 3 is 2.80 bits per heavy atom. The Bertz CT molecular complexity index is 904. The smallest absolute Gasteiger partial charge is 0.315 e. The van der Waals surface area contributed by atoms with E-state index in [1.807, 2.05) is 0 Å². The van der Waals surface area contributed by atoms with E-state index in [4.69, 9.17) is 4.42 Å². The van der Waals surface area contributed by atoms with Gasteiger partial charge in [0.15, 0.2) is 11.4 Å². The van der Waals surface area contributed by atoms with Gasteiger partial charge in [0.1, 0.15) is 17.4 Å². The van der Waals surface area contributed by atoms with Gasteiger partial charge in [-0.3, -0.25) is 4.99 Å². The van der Waals surface area contributed by atoms with E-state index in [2.05, 4.69) is 20.6 Å². The van der Waals surface area contributed by atoms with E-state index in [0.29, 0.717) is 29.1 Å². The third-order valence-electron chi connectivity index (χ3n) is 4.04.